The summed E-state index contributed by atoms with van der Waals surface area (Å²) in [7, 11) is 0. The van der Waals surface area contributed by atoms with Crippen LogP contribution in [0.3, 0.4) is 0 Å². The lowest BCUT2D eigenvalue weighted by Gasteiger charge is -2.18. The van der Waals surface area contributed by atoms with Crippen LogP contribution < -0.4 is 0 Å². The Morgan fingerprint density at radius 2 is 0.458 bits per heavy atom. The van der Waals surface area contributed by atoms with Crippen molar-refractivity contribution in [2.45, 2.75) is 258 Å². The van der Waals surface area contributed by atoms with Gasteiger partial charge in [-0.1, -0.05) is 279 Å². The number of ether oxygens (including phenoxy) is 3. The van der Waals surface area contributed by atoms with Gasteiger partial charge in [0.15, 0.2) is 6.10 Å². The van der Waals surface area contributed by atoms with Crippen molar-refractivity contribution in [1.82, 2.24) is 0 Å². The molecule has 0 aromatic carbocycles. The molecule has 0 N–H and O–H groups in total. The van der Waals surface area contributed by atoms with Crippen LogP contribution in [0.4, 0.5) is 0 Å². The summed E-state index contributed by atoms with van der Waals surface area (Å²) in [6.07, 6.45) is 105. The highest BCUT2D eigenvalue weighted by atomic mass is 16.6. The largest absolute Gasteiger partial charge is 0.462 e. The molecule has 83 heavy (non-hydrogen) atoms. The average molecular weight is 1140 g/mol. The van der Waals surface area contributed by atoms with Crippen molar-refractivity contribution in [1.29, 1.82) is 0 Å². The molecule has 0 bridgehead atoms. The number of unbranched alkanes of at least 4 members (excludes halogenated alkanes) is 14. The van der Waals surface area contributed by atoms with Gasteiger partial charge in [-0.15, -0.1) is 0 Å². The maximum absolute atomic E-state index is 12.9. The van der Waals surface area contributed by atoms with E-state index < -0.39 is 6.10 Å². The Kier molecular flexibility index (Phi) is 64.0. The van der Waals surface area contributed by atoms with E-state index in [0.717, 1.165) is 135 Å². The van der Waals surface area contributed by atoms with Crippen LogP contribution in [0, 0.1) is 0 Å². The first-order valence-corrected chi connectivity index (χ1v) is 32.9. The van der Waals surface area contributed by atoms with E-state index in [0.29, 0.717) is 19.3 Å². The highest BCUT2D eigenvalue weighted by molar-refractivity contribution is 5.71. The second-order valence-corrected chi connectivity index (χ2v) is 20.9. The Balaban J connectivity index is 4.57. The van der Waals surface area contributed by atoms with E-state index in [4.69, 9.17) is 14.2 Å². The first kappa shape index (κ1) is 77.2. The van der Waals surface area contributed by atoms with Gasteiger partial charge in [-0.25, -0.2) is 0 Å². The molecule has 0 heterocycles. The molecule has 0 saturated carbocycles. The first-order valence-electron chi connectivity index (χ1n) is 32.9. The molecule has 0 fully saturated rings. The zero-order chi connectivity index (χ0) is 59.9. The SMILES string of the molecule is CC/C=C\C/C=C\C/C=C\C/C=C\C/C=C\C/C=C\CCCCC(=O)OC(COC(=O)CC/C=C\C/C=C\C/C=C\C/C=C\C/C=C\C/C=C\CC)COC(=O)CCCCCCCCCCCCCC/C=C\C/C=C\C/C=C\C/C=C\CC. The molecule has 0 amide bonds. The average Bonchev–Trinajstić information content (AvgIpc) is 3.50. The molecule has 0 aliphatic rings. The summed E-state index contributed by atoms with van der Waals surface area (Å²) in [5.74, 6) is -1.07. The second kappa shape index (κ2) is 68.7. The molecule has 1 unspecified atom stereocenters. The van der Waals surface area contributed by atoms with Gasteiger partial charge in [0.25, 0.3) is 0 Å². The predicted octanol–water partition coefficient (Wildman–Crippen LogP) is 23.0. The molecule has 0 aromatic rings. The number of carbonyl (C=O) groups excluding carboxylic acids is 3. The summed E-state index contributed by atoms with van der Waals surface area (Å²) in [6, 6.07) is 0. The van der Waals surface area contributed by atoms with Crippen molar-refractivity contribution in [2.24, 2.45) is 0 Å². The molecule has 1 atom stereocenters. The summed E-state index contributed by atoms with van der Waals surface area (Å²) in [5.41, 5.74) is 0. The second-order valence-electron chi connectivity index (χ2n) is 20.9. The highest BCUT2D eigenvalue weighted by Gasteiger charge is 2.19. The summed E-state index contributed by atoms with van der Waals surface area (Å²) in [6.45, 7) is 6.19. The summed E-state index contributed by atoms with van der Waals surface area (Å²) < 4.78 is 16.8. The third-order valence-electron chi connectivity index (χ3n) is 13.1. The fourth-order valence-corrected chi connectivity index (χ4v) is 8.29. The number of rotatable bonds is 57. The quantitative estimate of drug-likeness (QED) is 0.0261. The van der Waals surface area contributed by atoms with Crippen LogP contribution in [-0.4, -0.2) is 37.2 Å². The first-order chi connectivity index (χ1) is 41.0. The van der Waals surface area contributed by atoms with Crippen molar-refractivity contribution in [2.75, 3.05) is 13.2 Å². The van der Waals surface area contributed by atoms with E-state index in [1.165, 1.54) is 64.2 Å². The van der Waals surface area contributed by atoms with E-state index in [9.17, 15) is 14.4 Å². The van der Waals surface area contributed by atoms with Crippen molar-refractivity contribution in [3.8, 4) is 0 Å². The van der Waals surface area contributed by atoms with Crippen LogP contribution in [0.25, 0.3) is 0 Å². The standard InChI is InChI=1S/C77H118O6/c1-4-7-10-13-16-19-22-25-28-31-34-36-37-38-39-41-43-46-49-52-55-58-61-64-67-70-76(79)82-73-74(72-81-75(78)69-66-63-60-57-54-51-48-45-42-33-30-27-24-21-18-15-12-9-6-3)83-77(80)71-68-65-62-59-56-53-50-47-44-40-35-32-29-26-23-20-17-14-11-8-5-2/h7-12,16-21,25-30,34-36,40,42,45,47,50-51,54,56,59-60,63,74H,4-6,13-15,22-24,31-33,37-39,41,43-44,46,48-49,52-53,55,57-58,61-62,64-73H2,1-3H3/b10-7-,11-8-,12-9-,19-16-,20-17-,21-18-,28-25-,29-26-,30-27-,36-34-,40-35-,45-42-,50-47-,54-51-,59-56-,63-60-. The van der Waals surface area contributed by atoms with Crippen molar-refractivity contribution >= 4 is 17.9 Å². The highest BCUT2D eigenvalue weighted by Crippen LogP contribution is 2.15. The maximum atomic E-state index is 12.9. The van der Waals surface area contributed by atoms with Crippen LogP contribution in [0.5, 0.6) is 0 Å². The van der Waals surface area contributed by atoms with Gasteiger partial charge in [0.05, 0.1) is 0 Å². The molecule has 6 nitrogen and oxygen atoms in total. The number of esters is 3. The van der Waals surface area contributed by atoms with E-state index in [2.05, 4.69) is 203 Å². The van der Waals surface area contributed by atoms with Gasteiger partial charge in [-0.2, -0.15) is 0 Å². The van der Waals surface area contributed by atoms with Gasteiger partial charge in [-0.3, -0.25) is 14.4 Å². The summed E-state index contributed by atoms with van der Waals surface area (Å²) in [5, 5.41) is 0. The van der Waals surface area contributed by atoms with Crippen LogP contribution >= 0.6 is 0 Å². The molecule has 0 aliphatic carbocycles. The number of allylic oxidation sites excluding steroid dienone is 32. The fraction of sp³-hybridized carbons (Fsp3) is 0.545. The molecule has 6 heteroatoms. The topological polar surface area (TPSA) is 78.9 Å². The molecule has 0 rings (SSSR count). The lowest BCUT2D eigenvalue weighted by molar-refractivity contribution is -0.166. The molecule has 0 aliphatic heterocycles. The van der Waals surface area contributed by atoms with Crippen molar-refractivity contribution < 1.29 is 28.6 Å². The third kappa shape index (κ3) is 66.9. The van der Waals surface area contributed by atoms with Gasteiger partial charge in [0.2, 0.25) is 0 Å². The minimum absolute atomic E-state index is 0.130. The molecular formula is C77H118O6. The molecule has 462 valence electrons. The Morgan fingerprint density at radius 3 is 0.771 bits per heavy atom. The lowest BCUT2D eigenvalue weighted by atomic mass is 10.0. The minimum Gasteiger partial charge on any atom is -0.462 e. The fourth-order valence-electron chi connectivity index (χ4n) is 8.29. The summed E-state index contributed by atoms with van der Waals surface area (Å²) >= 11 is 0. The Bertz CT molecular complexity index is 1990. The van der Waals surface area contributed by atoms with E-state index >= 15 is 0 Å². The molecule has 0 saturated heterocycles. The summed E-state index contributed by atoms with van der Waals surface area (Å²) in [4.78, 5) is 38.4. The van der Waals surface area contributed by atoms with Gasteiger partial charge < -0.3 is 14.2 Å². The van der Waals surface area contributed by atoms with Gasteiger partial charge in [-0.05, 0) is 148 Å². The van der Waals surface area contributed by atoms with Crippen LogP contribution in [0.2, 0.25) is 0 Å². The third-order valence-corrected chi connectivity index (χ3v) is 13.1. The number of hydrogen-bond donors (Lipinski definition) is 0. The maximum Gasteiger partial charge on any atom is 0.306 e. The zero-order valence-corrected chi connectivity index (χ0v) is 52.9. The van der Waals surface area contributed by atoms with Crippen molar-refractivity contribution in [3.05, 3.63) is 194 Å². The molecular weight excluding hydrogens is 1020 g/mol. The lowest BCUT2D eigenvalue weighted by Crippen LogP contribution is -2.30. The van der Waals surface area contributed by atoms with E-state index in [1.54, 1.807) is 0 Å². The van der Waals surface area contributed by atoms with Crippen LogP contribution in [0.15, 0.2) is 194 Å². The molecule has 0 spiro atoms. The van der Waals surface area contributed by atoms with Crippen molar-refractivity contribution in [3.63, 3.8) is 0 Å². The molecule has 0 radical (unpaired) electrons. The van der Waals surface area contributed by atoms with Crippen LogP contribution in [-0.2, 0) is 28.6 Å². The number of carbonyl (C=O) groups is 3. The van der Waals surface area contributed by atoms with Gasteiger partial charge in [0, 0.05) is 19.3 Å². The van der Waals surface area contributed by atoms with E-state index in [1.807, 2.05) is 12.2 Å². The van der Waals surface area contributed by atoms with Gasteiger partial charge in [0.1, 0.15) is 13.2 Å². The predicted molar refractivity (Wildman–Crippen MR) is 361 cm³/mol. The minimum atomic E-state index is -0.847. The van der Waals surface area contributed by atoms with Crippen LogP contribution in [0.1, 0.15) is 252 Å². The number of hydrogen-bond acceptors (Lipinski definition) is 6. The Hall–Kier alpha value is -5.75. The Labute approximate surface area is 509 Å². The Morgan fingerprint density at radius 1 is 0.241 bits per heavy atom. The molecule has 0 aromatic heterocycles. The smallest absolute Gasteiger partial charge is 0.306 e. The monoisotopic (exact) mass is 1140 g/mol. The van der Waals surface area contributed by atoms with Gasteiger partial charge >= 0.3 is 17.9 Å². The zero-order valence-electron chi connectivity index (χ0n) is 52.9. The normalized spacial score (nSPS) is 13.4. The van der Waals surface area contributed by atoms with E-state index in [-0.39, 0.29) is 44.0 Å².